The maximum Gasteiger partial charge on any atom is 0.274 e. The van der Waals surface area contributed by atoms with E-state index in [9.17, 15) is 14.0 Å². The van der Waals surface area contributed by atoms with Gasteiger partial charge in [0.25, 0.3) is 5.91 Å². The minimum Gasteiger partial charge on any atom is -0.337 e. The van der Waals surface area contributed by atoms with Gasteiger partial charge in [-0.05, 0) is 37.1 Å². The predicted molar refractivity (Wildman–Crippen MR) is 97.7 cm³/mol. The zero-order chi connectivity index (χ0) is 18.8. The Kier molecular flexibility index (Phi) is 4.89. The summed E-state index contributed by atoms with van der Waals surface area (Å²) >= 11 is 0. The molecular weight excluding hydrogens is 349 g/mol. The Labute approximate surface area is 156 Å². The lowest BCUT2D eigenvalue weighted by Crippen LogP contribution is -2.42. The highest BCUT2D eigenvalue weighted by Crippen LogP contribution is 2.23. The molecule has 0 spiro atoms. The number of hydrogen-bond donors (Lipinski definition) is 3. The summed E-state index contributed by atoms with van der Waals surface area (Å²) in [5, 5.41) is 13.3. The van der Waals surface area contributed by atoms with Crippen molar-refractivity contribution >= 4 is 17.5 Å². The second kappa shape index (κ2) is 7.48. The first-order valence-corrected chi connectivity index (χ1v) is 9.24. The highest BCUT2D eigenvalue weighted by atomic mass is 19.1. The molecule has 27 heavy (non-hydrogen) atoms. The molecule has 2 aliphatic rings. The van der Waals surface area contributed by atoms with Gasteiger partial charge in [-0.3, -0.25) is 14.7 Å². The maximum atomic E-state index is 13.0. The number of benzene rings is 1. The van der Waals surface area contributed by atoms with Crippen molar-refractivity contribution in [2.24, 2.45) is 5.92 Å². The maximum absolute atomic E-state index is 13.0. The first kappa shape index (κ1) is 17.7. The van der Waals surface area contributed by atoms with Gasteiger partial charge in [-0.1, -0.05) is 0 Å². The molecule has 0 bridgehead atoms. The predicted octanol–water partition coefficient (Wildman–Crippen LogP) is 1.69. The van der Waals surface area contributed by atoms with Gasteiger partial charge in [0.1, 0.15) is 5.82 Å². The van der Waals surface area contributed by atoms with E-state index in [0.717, 1.165) is 24.2 Å². The normalized spacial score (nSPS) is 17.4. The van der Waals surface area contributed by atoms with E-state index in [1.54, 1.807) is 17.0 Å². The fraction of sp³-hybridized carbons (Fsp3) is 0.421. The Bertz CT molecular complexity index is 840. The van der Waals surface area contributed by atoms with E-state index in [4.69, 9.17) is 0 Å². The van der Waals surface area contributed by atoms with Crippen LogP contribution in [0.2, 0.25) is 0 Å². The number of halogens is 1. The van der Waals surface area contributed by atoms with Gasteiger partial charge in [0, 0.05) is 55.5 Å². The van der Waals surface area contributed by atoms with Gasteiger partial charge >= 0.3 is 0 Å². The third-order valence-electron chi connectivity index (χ3n) is 5.27. The molecule has 0 aliphatic carbocycles. The summed E-state index contributed by atoms with van der Waals surface area (Å²) in [6.07, 6.45) is 2.05. The van der Waals surface area contributed by atoms with Crippen molar-refractivity contribution < 1.29 is 14.0 Å². The number of nitrogens with zero attached hydrogens (tertiary/aromatic N) is 2. The van der Waals surface area contributed by atoms with Crippen molar-refractivity contribution in [3.63, 3.8) is 0 Å². The summed E-state index contributed by atoms with van der Waals surface area (Å²) in [4.78, 5) is 27.0. The van der Waals surface area contributed by atoms with Gasteiger partial charge in [-0.25, -0.2) is 4.39 Å². The average molecular weight is 371 g/mol. The van der Waals surface area contributed by atoms with Gasteiger partial charge < -0.3 is 15.5 Å². The number of H-pyrrole nitrogens is 1. The van der Waals surface area contributed by atoms with Crippen molar-refractivity contribution in [2.45, 2.75) is 25.8 Å². The van der Waals surface area contributed by atoms with Crippen LogP contribution in [0.1, 0.15) is 34.6 Å². The summed E-state index contributed by atoms with van der Waals surface area (Å²) < 4.78 is 13.0. The minimum atomic E-state index is -0.337. The molecular formula is C19H22FN5O2. The van der Waals surface area contributed by atoms with E-state index >= 15 is 0 Å². The molecule has 0 radical (unpaired) electrons. The molecule has 0 unspecified atom stereocenters. The lowest BCUT2D eigenvalue weighted by molar-refractivity contribution is -0.121. The molecule has 8 heteroatoms. The second-order valence-electron chi connectivity index (χ2n) is 7.02. The lowest BCUT2D eigenvalue weighted by Gasteiger charge is -2.31. The quantitative estimate of drug-likeness (QED) is 0.766. The number of likely N-dealkylation sites (tertiary alicyclic amines) is 1. The summed E-state index contributed by atoms with van der Waals surface area (Å²) in [5.41, 5.74) is 3.06. The van der Waals surface area contributed by atoms with Crippen LogP contribution in [0, 0.1) is 11.7 Å². The molecule has 1 fully saturated rings. The number of fused-ring (bicyclic) bond motifs is 1. The Hall–Kier alpha value is -2.74. The zero-order valence-electron chi connectivity index (χ0n) is 14.9. The summed E-state index contributed by atoms with van der Waals surface area (Å²) in [7, 11) is 0. The smallest absolute Gasteiger partial charge is 0.274 e. The van der Waals surface area contributed by atoms with Crippen molar-refractivity contribution in [2.75, 3.05) is 25.0 Å². The van der Waals surface area contributed by atoms with Crippen LogP contribution in [0.4, 0.5) is 10.1 Å². The van der Waals surface area contributed by atoms with Crippen LogP contribution in [0.5, 0.6) is 0 Å². The van der Waals surface area contributed by atoms with Crippen molar-refractivity contribution in [3.05, 3.63) is 47.0 Å². The fourth-order valence-corrected chi connectivity index (χ4v) is 3.67. The first-order valence-electron chi connectivity index (χ1n) is 9.24. The standard InChI is InChI=1S/C19H22FN5O2/c20-13-1-3-14(4-2-13)22-18(26)12-6-9-25(10-7-12)19(27)17-15-11-21-8-5-16(15)23-24-17/h1-4,12,21H,5-11H2,(H,22,26)(H,23,24). The van der Waals surface area contributed by atoms with Crippen LogP contribution >= 0.6 is 0 Å². The SMILES string of the molecule is O=C(Nc1ccc(F)cc1)C1CCN(C(=O)c2n[nH]c3c2CNCC3)CC1. The molecule has 1 aromatic carbocycles. The van der Waals surface area contributed by atoms with E-state index in [-0.39, 0.29) is 23.5 Å². The van der Waals surface area contributed by atoms with Gasteiger partial charge in [0.15, 0.2) is 5.69 Å². The Morgan fingerprint density at radius 3 is 2.67 bits per heavy atom. The number of nitrogens with one attached hydrogen (secondary N) is 3. The third kappa shape index (κ3) is 3.71. The van der Waals surface area contributed by atoms with E-state index in [0.29, 0.717) is 43.9 Å². The molecule has 4 rings (SSSR count). The minimum absolute atomic E-state index is 0.0754. The Morgan fingerprint density at radius 1 is 1.19 bits per heavy atom. The number of carbonyl (C=O) groups is 2. The molecule has 142 valence electrons. The topological polar surface area (TPSA) is 90.1 Å². The number of anilines is 1. The van der Waals surface area contributed by atoms with Crippen LogP contribution in [-0.4, -0.2) is 46.5 Å². The summed E-state index contributed by atoms with van der Waals surface area (Å²) in [6.45, 7) is 2.59. The first-order chi connectivity index (χ1) is 13.1. The van der Waals surface area contributed by atoms with Crippen LogP contribution in [0.25, 0.3) is 0 Å². The van der Waals surface area contributed by atoms with Crippen molar-refractivity contribution in [1.29, 1.82) is 0 Å². The molecule has 2 amide bonds. The van der Waals surface area contributed by atoms with E-state index < -0.39 is 0 Å². The number of aromatic nitrogens is 2. The second-order valence-corrected chi connectivity index (χ2v) is 7.02. The molecule has 0 atom stereocenters. The molecule has 2 aliphatic heterocycles. The highest BCUT2D eigenvalue weighted by Gasteiger charge is 2.31. The fourth-order valence-electron chi connectivity index (χ4n) is 3.67. The number of piperidine rings is 1. The van der Waals surface area contributed by atoms with Gasteiger partial charge in [0.05, 0.1) is 0 Å². The summed E-state index contributed by atoms with van der Waals surface area (Å²) in [6, 6.07) is 5.72. The molecule has 0 saturated carbocycles. The molecule has 7 nitrogen and oxygen atoms in total. The molecule has 3 heterocycles. The van der Waals surface area contributed by atoms with Crippen LogP contribution < -0.4 is 10.6 Å². The van der Waals surface area contributed by atoms with Gasteiger partial charge in [-0.2, -0.15) is 5.10 Å². The largest absolute Gasteiger partial charge is 0.337 e. The zero-order valence-corrected chi connectivity index (χ0v) is 14.9. The van der Waals surface area contributed by atoms with Gasteiger partial charge in [0.2, 0.25) is 5.91 Å². The number of rotatable bonds is 3. The Balaban J connectivity index is 1.34. The van der Waals surface area contributed by atoms with Crippen molar-refractivity contribution in [1.82, 2.24) is 20.4 Å². The average Bonchev–Trinajstić information content (AvgIpc) is 3.13. The number of amides is 2. The van der Waals surface area contributed by atoms with Crippen molar-refractivity contribution in [3.8, 4) is 0 Å². The van der Waals surface area contributed by atoms with Crippen LogP contribution in [-0.2, 0) is 17.8 Å². The van der Waals surface area contributed by atoms with E-state index in [2.05, 4.69) is 20.8 Å². The number of carbonyl (C=O) groups excluding carboxylic acids is 2. The molecule has 1 saturated heterocycles. The molecule has 3 N–H and O–H groups in total. The summed E-state index contributed by atoms with van der Waals surface area (Å²) in [5.74, 6) is -0.659. The van der Waals surface area contributed by atoms with Crippen LogP contribution in [0.15, 0.2) is 24.3 Å². The third-order valence-corrected chi connectivity index (χ3v) is 5.27. The number of aromatic amines is 1. The monoisotopic (exact) mass is 371 g/mol. The lowest BCUT2D eigenvalue weighted by atomic mass is 9.95. The molecule has 2 aromatic rings. The van der Waals surface area contributed by atoms with E-state index in [1.165, 1.54) is 12.1 Å². The van der Waals surface area contributed by atoms with E-state index in [1.807, 2.05) is 0 Å². The highest BCUT2D eigenvalue weighted by molar-refractivity contribution is 5.95. The molecule has 1 aromatic heterocycles. The number of hydrogen-bond acceptors (Lipinski definition) is 4. The Morgan fingerprint density at radius 2 is 1.93 bits per heavy atom. The van der Waals surface area contributed by atoms with Gasteiger partial charge in [-0.15, -0.1) is 0 Å². The van der Waals surface area contributed by atoms with Crippen LogP contribution in [0.3, 0.4) is 0 Å².